The molecule has 0 amide bonds. The Morgan fingerprint density at radius 2 is 1.91 bits per heavy atom. The number of nitriles is 1. The van der Waals surface area contributed by atoms with Crippen LogP contribution in [0, 0.1) is 11.3 Å². The third-order valence-electron chi connectivity index (χ3n) is 5.22. The summed E-state index contributed by atoms with van der Waals surface area (Å²) < 4.78 is 16.6. The number of methoxy groups -OCH3 is 1. The van der Waals surface area contributed by atoms with E-state index >= 15 is 0 Å². The Morgan fingerprint density at radius 1 is 1.12 bits per heavy atom. The molecular weight excluding hydrogens is 475 g/mol. The molecule has 0 saturated heterocycles. The molecule has 0 spiro atoms. The van der Waals surface area contributed by atoms with Gasteiger partial charge in [0, 0.05) is 33.3 Å². The minimum atomic E-state index is -0.607. The van der Waals surface area contributed by atoms with E-state index < -0.39 is 11.9 Å². The number of hydrogen-bond donors (Lipinski definition) is 1. The molecule has 1 heterocycles. The molecule has 8 heteroatoms. The van der Waals surface area contributed by atoms with Gasteiger partial charge in [-0.1, -0.05) is 53.5 Å². The second-order valence-electron chi connectivity index (χ2n) is 7.29. The molecule has 6 nitrogen and oxygen atoms in total. The third-order valence-corrected chi connectivity index (χ3v) is 5.78. The van der Waals surface area contributed by atoms with Crippen molar-refractivity contribution in [3.8, 4) is 23.3 Å². The highest BCUT2D eigenvalue weighted by molar-refractivity contribution is 6.35. The van der Waals surface area contributed by atoms with Crippen LogP contribution in [-0.2, 0) is 4.79 Å². The molecule has 0 fully saturated rings. The minimum Gasteiger partial charge on any atom is -0.496 e. The fourth-order valence-corrected chi connectivity index (χ4v) is 4.14. The van der Waals surface area contributed by atoms with Crippen LogP contribution in [0.15, 0.2) is 78.2 Å². The molecular formula is C26H18Cl2N2O4. The van der Waals surface area contributed by atoms with Gasteiger partial charge < -0.3 is 19.9 Å². The topological polar surface area (TPSA) is 94.6 Å². The molecule has 0 radical (unpaired) electrons. The van der Waals surface area contributed by atoms with Gasteiger partial charge in [-0.3, -0.25) is 0 Å². The summed E-state index contributed by atoms with van der Waals surface area (Å²) in [6.07, 6.45) is 2.79. The Hall–Kier alpha value is -3.92. The molecule has 1 unspecified atom stereocenters. The molecule has 1 aliphatic rings. The molecule has 3 aromatic rings. The van der Waals surface area contributed by atoms with Gasteiger partial charge in [-0.2, -0.15) is 5.26 Å². The number of para-hydroxylation sites is 1. The highest BCUT2D eigenvalue weighted by Crippen LogP contribution is 2.45. The second kappa shape index (κ2) is 9.92. The minimum absolute atomic E-state index is 0.0216. The summed E-state index contributed by atoms with van der Waals surface area (Å²) in [5.74, 6) is 0.116. The molecule has 2 N–H and O–H groups in total. The van der Waals surface area contributed by atoms with Gasteiger partial charge >= 0.3 is 5.97 Å². The molecule has 0 bridgehead atoms. The van der Waals surface area contributed by atoms with E-state index in [-0.39, 0.29) is 17.2 Å². The van der Waals surface area contributed by atoms with E-state index in [0.717, 1.165) is 5.56 Å². The van der Waals surface area contributed by atoms with Crippen molar-refractivity contribution in [2.24, 2.45) is 5.73 Å². The van der Waals surface area contributed by atoms with Gasteiger partial charge in [0.25, 0.3) is 0 Å². The average Bonchev–Trinajstić information content (AvgIpc) is 2.82. The zero-order valence-corrected chi connectivity index (χ0v) is 19.4. The van der Waals surface area contributed by atoms with E-state index in [9.17, 15) is 10.1 Å². The van der Waals surface area contributed by atoms with E-state index in [1.54, 1.807) is 43.5 Å². The monoisotopic (exact) mass is 492 g/mol. The van der Waals surface area contributed by atoms with Crippen molar-refractivity contribution in [3.63, 3.8) is 0 Å². The van der Waals surface area contributed by atoms with Crippen LogP contribution in [0.3, 0.4) is 0 Å². The summed E-state index contributed by atoms with van der Waals surface area (Å²) in [6.45, 7) is 0. The summed E-state index contributed by atoms with van der Waals surface area (Å²) in [5, 5.41) is 10.7. The molecule has 1 aliphatic heterocycles. The molecule has 0 aromatic heterocycles. The summed E-state index contributed by atoms with van der Waals surface area (Å²) in [5.41, 5.74) is 8.42. The number of rotatable bonds is 5. The van der Waals surface area contributed by atoms with Crippen LogP contribution < -0.4 is 19.9 Å². The first kappa shape index (κ1) is 23.2. The number of nitrogens with two attached hydrogens (primary N) is 1. The highest BCUT2D eigenvalue weighted by atomic mass is 35.5. The summed E-state index contributed by atoms with van der Waals surface area (Å²) in [7, 11) is 1.56. The number of hydrogen-bond acceptors (Lipinski definition) is 6. The fourth-order valence-electron chi connectivity index (χ4n) is 3.67. The van der Waals surface area contributed by atoms with Crippen molar-refractivity contribution in [2.75, 3.05) is 7.11 Å². The number of carbonyl (C=O) groups excluding carboxylic acids is 1. The first-order chi connectivity index (χ1) is 16.4. The normalized spacial score (nSPS) is 14.8. The number of ether oxygens (including phenoxy) is 3. The number of carbonyl (C=O) groups is 1. The van der Waals surface area contributed by atoms with Gasteiger partial charge in [0.2, 0.25) is 5.88 Å². The number of esters is 1. The number of benzene rings is 3. The van der Waals surface area contributed by atoms with Crippen LogP contribution >= 0.6 is 23.2 Å². The predicted molar refractivity (Wildman–Crippen MR) is 130 cm³/mol. The standard InChI is InChI=1S/C26H18Cl2N2O4/c1-32-22-5-3-2-4-18(22)25-19-10-9-17(13-23(19)34-26(30)20(25)14-29)33-24(31)11-7-15-6-8-16(27)12-21(15)28/h2-13,25H,30H2,1H3/b11-7+. The van der Waals surface area contributed by atoms with Crippen LogP contribution in [0.5, 0.6) is 17.2 Å². The Kier molecular flexibility index (Phi) is 6.78. The number of nitrogens with zero attached hydrogens (tertiary/aromatic N) is 1. The van der Waals surface area contributed by atoms with Crippen molar-refractivity contribution < 1.29 is 19.0 Å². The van der Waals surface area contributed by atoms with Crippen molar-refractivity contribution in [3.05, 3.63) is 105 Å². The molecule has 0 saturated carbocycles. The van der Waals surface area contributed by atoms with Crippen molar-refractivity contribution in [1.29, 1.82) is 5.26 Å². The van der Waals surface area contributed by atoms with Crippen LogP contribution in [0.25, 0.3) is 6.08 Å². The predicted octanol–water partition coefficient (Wildman–Crippen LogP) is 5.84. The van der Waals surface area contributed by atoms with Gasteiger partial charge in [0.1, 0.15) is 28.9 Å². The molecule has 1 atom stereocenters. The summed E-state index contributed by atoms with van der Waals surface area (Å²) in [4.78, 5) is 12.4. The SMILES string of the molecule is COc1ccccc1C1C(C#N)=C(N)Oc2cc(OC(=O)/C=C/c3ccc(Cl)cc3Cl)ccc21. The lowest BCUT2D eigenvalue weighted by Crippen LogP contribution is -2.21. The molecule has 4 rings (SSSR count). The quantitative estimate of drug-likeness (QED) is 0.273. The Balaban J connectivity index is 1.62. The third kappa shape index (κ3) is 4.72. The summed E-state index contributed by atoms with van der Waals surface area (Å²) >= 11 is 12.0. The van der Waals surface area contributed by atoms with Gasteiger partial charge in [0.15, 0.2) is 0 Å². The van der Waals surface area contributed by atoms with Crippen LogP contribution in [0.4, 0.5) is 0 Å². The van der Waals surface area contributed by atoms with E-state index in [4.69, 9.17) is 43.1 Å². The summed E-state index contributed by atoms with van der Waals surface area (Å²) in [6, 6.07) is 19.4. The van der Waals surface area contributed by atoms with Gasteiger partial charge in [-0.25, -0.2) is 4.79 Å². The largest absolute Gasteiger partial charge is 0.496 e. The fraction of sp³-hybridized carbons (Fsp3) is 0.0769. The van der Waals surface area contributed by atoms with Crippen LogP contribution in [-0.4, -0.2) is 13.1 Å². The molecule has 34 heavy (non-hydrogen) atoms. The zero-order chi connectivity index (χ0) is 24.2. The second-order valence-corrected chi connectivity index (χ2v) is 8.13. The Labute approximate surface area is 206 Å². The first-order valence-electron chi connectivity index (χ1n) is 10.1. The molecule has 3 aromatic carbocycles. The van der Waals surface area contributed by atoms with E-state index in [0.29, 0.717) is 32.7 Å². The lowest BCUT2D eigenvalue weighted by molar-refractivity contribution is -0.128. The van der Waals surface area contributed by atoms with Crippen LogP contribution in [0.1, 0.15) is 22.6 Å². The van der Waals surface area contributed by atoms with Crippen molar-refractivity contribution in [1.82, 2.24) is 0 Å². The van der Waals surface area contributed by atoms with E-state index in [1.165, 1.54) is 12.2 Å². The average molecular weight is 493 g/mol. The van der Waals surface area contributed by atoms with Crippen molar-refractivity contribution in [2.45, 2.75) is 5.92 Å². The molecule has 170 valence electrons. The number of allylic oxidation sites excluding steroid dienone is 1. The number of fused-ring (bicyclic) bond motifs is 1. The Bertz CT molecular complexity index is 1380. The maximum atomic E-state index is 12.4. The lowest BCUT2D eigenvalue weighted by atomic mass is 9.83. The smallest absolute Gasteiger partial charge is 0.336 e. The van der Waals surface area contributed by atoms with E-state index in [2.05, 4.69) is 6.07 Å². The number of halogens is 2. The first-order valence-corrected chi connectivity index (χ1v) is 10.9. The highest BCUT2D eigenvalue weighted by Gasteiger charge is 2.32. The van der Waals surface area contributed by atoms with Gasteiger partial charge in [-0.15, -0.1) is 0 Å². The maximum absolute atomic E-state index is 12.4. The van der Waals surface area contributed by atoms with Gasteiger partial charge in [0.05, 0.1) is 13.0 Å². The molecule has 0 aliphatic carbocycles. The van der Waals surface area contributed by atoms with E-state index in [1.807, 2.05) is 24.3 Å². The van der Waals surface area contributed by atoms with Gasteiger partial charge in [-0.05, 0) is 35.9 Å². The zero-order valence-electron chi connectivity index (χ0n) is 17.9. The van der Waals surface area contributed by atoms with Crippen LogP contribution in [0.2, 0.25) is 10.0 Å². The maximum Gasteiger partial charge on any atom is 0.336 e. The Morgan fingerprint density at radius 3 is 2.65 bits per heavy atom. The van der Waals surface area contributed by atoms with Crippen molar-refractivity contribution >= 4 is 35.2 Å². The lowest BCUT2D eigenvalue weighted by Gasteiger charge is -2.27.